The highest BCUT2D eigenvalue weighted by atomic mass is 35.5. The lowest BCUT2D eigenvalue weighted by atomic mass is 9.94. The standard InChI is InChI=1S/C16H26N2O.ClH/c1-4-15(13-8-6-5-7-9-13)16(19)18-14(11-17)10-12(2)3;/h5-9,12,14-15H,4,10-11,17H2,1-3H3,(H,18,19);1H. The van der Waals surface area contributed by atoms with Gasteiger partial charge in [0.05, 0.1) is 5.92 Å². The van der Waals surface area contributed by atoms with E-state index >= 15 is 0 Å². The van der Waals surface area contributed by atoms with Gasteiger partial charge in [-0.1, -0.05) is 51.1 Å². The Bertz CT molecular complexity index is 381. The van der Waals surface area contributed by atoms with Crippen molar-refractivity contribution in [1.29, 1.82) is 0 Å². The van der Waals surface area contributed by atoms with Crippen LogP contribution in [-0.2, 0) is 4.79 Å². The maximum absolute atomic E-state index is 12.4. The van der Waals surface area contributed by atoms with E-state index in [1.807, 2.05) is 37.3 Å². The third kappa shape index (κ3) is 5.93. The quantitative estimate of drug-likeness (QED) is 0.813. The summed E-state index contributed by atoms with van der Waals surface area (Å²) in [6, 6.07) is 10.0. The first kappa shape index (κ1) is 18.9. The van der Waals surface area contributed by atoms with E-state index in [4.69, 9.17) is 5.73 Å². The minimum atomic E-state index is -0.0811. The van der Waals surface area contributed by atoms with Crippen LogP contribution in [0.1, 0.15) is 45.1 Å². The van der Waals surface area contributed by atoms with E-state index in [-0.39, 0.29) is 30.3 Å². The van der Waals surface area contributed by atoms with E-state index in [1.54, 1.807) is 0 Å². The topological polar surface area (TPSA) is 55.1 Å². The molecule has 1 rings (SSSR count). The molecule has 20 heavy (non-hydrogen) atoms. The fourth-order valence-electron chi connectivity index (χ4n) is 2.34. The lowest BCUT2D eigenvalue weighted by Crippen LogP contribution is -2.43. The van der Waals surface area contributed by atoms with E-state index < -0.39 is 0 Å². The SMILES string of the molecule is CCC(C(=O)NC(CN)CC(C)C)c1ccccc1.Cl. The Kier molecular flexibility index (Phi) is 9.26. The van der Waals surface area contributed by atoms with Crippen LogP contribution in [0.3, 0.4) is 0 Å². The molecule has 3 nitrogen and oxygen atoms in total. The fourth-order valence-corrected chi connectivity index (χ4v) is 2.34. The summed E-state index contributed by atoms with van der Waals surface area (Å²) in [5.74, 6) is 0.540. The van der Waals surface area contributed by atoms with Gasteiger partial charge < -0.3 is 11.1 Å². The van der Waals surface area contributed by atoms with Gasteiger partial charge in [-0.15, -0.1) is 12.4 Å². The number of amides is 1. The molecule has 0 aromatic heterocycles. The van der Waals surface area contributed by atoms with E-state index in [0.29, 0.717) is 12.5 Å². The molecule has 3 N–H and O–H groups in total. The summed E-state index contributed by atoms with van der Waals surface area (Å²) < 4.78 is 0. The zero-order valence-electron chi connectivity index (χ0n) is 12.6. The molecular weight excluding hydrogens is 272 g/mol. The first-order valence-electron chi connectivity index (χ1n) is 7.13. The molecular formula is C16H27ClN2O. The van der Waals surface area contributed by atoms with E-state index in [1.165, 1.54) is 0 Å². The van der Waals surface area contributed by atoms with Gasteiger partial charge in [0.15, 0.2) is 0 Å². The lowest BCUT2D eigenvalue weighted by Gasteiger charge is -2.22. The number of hydrogen-bond donors (Lipinski definition) is 2. The van der Waals surface area contributed by atoms with Gasteiger partial charge in [-0.05, 0) is 24.3 Å². The highest BCUT2D eigenvalue weighted by molar-refractivity contribution is 5.85. The number of halogens is 1. The molecule has 2 atom stereocenters. The van der Waals surface area contributed by atoms with Crippen LogP contribution in [-0.4, -0.2) is 18.5 Å². The monoisotopic (exact) mass is 298 g/mol. The van der Waals surface area contributed by atoms with Gasteiger partial charge in [-0.2, -0.15) is 0 Å². The third-order valence-corrected chi connectivity index (χ3v) is 3.31. The average molecular weight is 299 g/mol. The van der Waals surface area contributed by atoms with Gasteiger partial charge in [0.1, 0.15) is 0 Å². The molecule has 1 aromatic carbocycles. The molecule has 0 aliphatic rings. The second-order valence-electron chi connectivity index (χ2n) is 5.44. The minimum Gasteiger partial charge on any atom is -0.352 e. The Morgan fingerprint density at radius 3 is 2.30 bits per heavy atom. The van der Waals surface area contributed by atoms with Crippen molar-refractivity contribution < 1.29 is 4.79 Å². The fraction of sp³-hybridized carbons (Fsp3) is 0.562. The molecule has 0 fully saturated rings. The van der Waals surface area contributed by atoms with Crippen molar-refractivity contribution in [3.8, 4) is 0 Å². The number of carbonyl (C=O) groups excluding carboxylic acids is 1. The van der Waals surface area contributed by atoms with Crippen molar-refractivity contribution in [2.45, 2.75) is 45.6 Å². The number of benzene rings is 1. The number of nitrogens with one attached hydrogen (secondary N) is 1. The minimum absolute atomic E-state index is 0. The predicted octanol–water partition coefficient (Wildman–Crippen LogP) is 3.09. The maximum atomic E-state index is 12.4. The van der Waals surface area contributed by atoms with Crippen molar-refractivity contribution in [2.24, 2.45) is 11.7 Å². The molecule has 1 aromatic rings. The van der Waals surface area contributed by atoms with Crippen molar-refractivity contribution in [2.75, 3.05) is 6.54 Å². The van der Waals surface area contributed by atoms with Crippen LogP contribution in [0.15, 0.2) is 30.3 Å². The van der Waals surface area contributed by atoms with Crippen LogP contribution >= 0.6 is 12.4 Å². The smallest absolute Gasteiger partial charge is 0.227 e. The lowest BCUT2D eigenvalue weighted by molar-refractivity contribution is -0.123. The van der Waals surface area contributed by atoms with Crippen molar-refractivity contribution in [3.63, 3.8) is 0 Å². The zero-order valence-corrected chi connectivity index (χ0v) is 13.5. The van der Waals surface area contributed by atoms with Crippen LogP contribution in [0, 0.1) is 5.92 Å². The Balaban J connectivity index is 0.00000361. The first-order chi connectivity index (χ1) is 9.08. The molecule has 114 valence electrons. The van der Waals surface area contributed by atoms with Crippen molar-refractivity contribution in [1.82, 2.24) is 5.32 Å². The van der Waals surface area contributed by atoms with Crippen LogP contribution in [0.2, 0.25) is 0 Å². The van der Waals surface area contributed by atoms with Crippen molar-refractivity contribution in [3.05, 3.63) is 35.9 Å². The van der Waals surface area contributed by atoms with Gasteiger partial charge >= 0.3 is 0 Å². The zero-order chi connectivity index (χ0) is 14.3. The number of rotatable bonds is 7. The Morgan fingerprint density at radius 2 is 1.85 bits per heavy atom. The van der Waals surface area contributed by atoms with Gasteiger partial charge in [0.25, 0.3) is 0 Å². The number of hydrogen-bond acceptors (Lipinski definition) is 2. The molecule has 4 heteroatoms. The molecule has 2 unspecified atom stereocenters. The first-order valence-corrected chi connectivity index (χ1v) is 7.13. The van der Waals surface area contributed by atoms with Gasteiger partial charge in [0, 0.05) is 12.6 Å². The number of nitrogens with two attached hydrogens (primary N) is 1. The summed E-state index contributed by atoms with van der Waals surface area (Å²) in [4.78, 5) is 12.4. The summed E-state index contributed by atoms with van der Waals surface area (Å²) in [5, 5.41) is 3.08. The highest BCUT2D eigenvalue weighted by Crippen LogP contribution is 2.19. The number of carbonyl (C=O) groups is 1. The van der Waals surface area contributed by atoms with E-state index in [0.717, 1.165) is 18.4 Å². The van der Waals surface area contributed by atoms with Crippen LogP contribution in [0.25, 0.3) is 0 Å². The summed E-state index contributed by atoms with van der Waals surface area (Å²) in [6.45, 7) is 6.82. The van der Waals surface area contributed by atoms with Crippen LogP contribution in [0.5, 0.6) is 0 Å². The summed E-state index contributed by atoms with van der Waals surface area (Å²) in [5.41, 5.74) is 6.81. The Morgan fingerprint density at radius 1 is 1.25 bits per heavy atom. The average Bonchev–Trinajstić information content (AvgIpc) is 2.39. The Labute approximate surface area is 128 Å². The molecule has 1 amide bonds. The molecule has 0 aliphatic heterocycles. The third-order valence-electron chi connectivity index (χ3n) is 3.31. The molecule has 0 aliphatic carbocycles. The maximum Gasteiger partial charge on any atom is 0.227 e. The highest BCUT2D eigenvalue weighted by Gasteiger charge is 2.21. The molecule has 0 saturated carbocycles. The van der Waals surface area contributed by atoms with Gasteiger partial charge in [0.2, 0.25) is 5.91 Å². The van der Waals surface area contributed by atoms with E-state index in [2.05, 4.69) is 19.2 Å². The van der Waals surface area contributed by atoms with Gasteiger partial charge in [-0.3, -0.25) is 4.79 Å². The van der Waals surface area contributed by atoms with Crippen LogP contribution < -0.4 is 11.1 Å². The second-order valence-corrected chi connectivity index (χ2v) is 5.44. The Hall–Kier alpha value is -1.06. The second kappa shape index (κ2) is 9.78. The summed E-state index contributed by atoms with van der Waals surface area (Å²) >= 11 is 0. The van der Waals surface area contributed by atoms with E-state index in [9.17, 15) is 4.79 Å². The van der Waals surface area contributed by atoms with Gasteiger partial charge in [-0.25, -0.2) is 0 Å². The molecule has 0 bridgehead atoms. The largest absolute Gasteiger partial charge is 0.352 e. The molecule has 0 heterocycles. The van der Waals surface area contributed by atoms with Crippen LogP contribution in [0.4, 0.5) is 0 Å². The molecule has 0 spiro atoms. The summed E-state index contributed by atoms with van der Waals surface area (Å²) in [7, 11) is 0. The summed E-state index contributed by atoms with van der Waals surface area (Å²) in [6.07, 6.45) is 1.72. The predicted molar refractivity (Wildman–Crippen MR) is 87.2 cm³/mol. The van der Waals surface area contributed by atoms with Crippen molar-refractivity contribution >= 4 is 18.3 Å². The molecule has 0 radical (unpaired) electrons. The molecule has 0 saturated heterocycles. The normalized spacial score (nSPS) is 13.4.